The number of benzene rings is 1. The van der Waals surface area contributed by atoms with E-state index < -0.39 is 0 Å². The minimum absolute atomic E-state index is 0. The normalized spacial score (nSPS) is 21.9. The number of piperazine rings is 1. The monoisotopic (exact) mass is 473 g/mol. The first-order valence-corrected chi connectivity index (χ1v) is 11.4. The zero-order valence-corrected chi connectivity index (χ0v) is 21.1. The number of anilines is 3. The highest BCUT2D eigenvalue weighted by Crippen LogP contribution is 2.42. The first-order valence-electron chi connectivity index (χ1n) is 11.4. The third-order valence-corrected chi connectivity index (χ3v) is 6.65. The van der Waals surface area contributed by atoms with Crippen molar-refractivity contribution in [3.05, 3.63) is 48.2 Å². The third-order valence-electron chi connectivity index (χ3n) is 6.65. The molecule has 1 N–H and O–H groups in total. The number of hydrogen-bond acceptors (Lipinski definition) is 6. The summed E-state index contributed by atoms with van der Waals surface area (Å²) in [5.74, 6) is 0.963. The number of methoxy groups -OCH3 is 1. The molecule has 8 heteroatoms. The Hall–Kier alpha value is -2.19. The summed E-state index contributed by atoms with van der Waals surface area (Å²) in [4.78, 5) is 24.6. The number of halogens is 1. The number of rotatable bonds is 6. The molecular formula is C25H36ClN5O2. The Kier molecular flexibility index (Phi) is 8.00. The van der Waals surface area contributed by atoms with Crippen LogP contribution in [0.25, 0.3) is 0 Å². The molecule has 0 unspecified atom stereocenters. The molecule has 2 aromatic rings. The number of hydrogen-bond donors (Lipinski definition) is 1. The molecule has 33 heavy (non-hydrogen) atoms. The van der Waals surface area contributed by atoms with Gasteiger partial charge in [0.1, 0.15) is 5.82 Å². The van der Waals surface area contributed by atoms with Crippen molar-refractivity contribution in [1.29, 1.82) is 0 Å². The van der Waals surface area contributed by atoms with Crippen LogP contribution in [0.2, 0.25) is 0 Å². The quantitative estimate of drug-likeness (QED) is 0.695. The lowest BCUT2D eigenvalue weighted by Gasteiger charge is -2.39. The predicted molar refractivity (Wildman–Crippen MR) is 136 cm³/mol. The van der Waals surface area contributed by atoms with Gasteiger partial charge in [-0.3, -0.25) is 9.69 Å². The van der Waals surface area contributed by atoms with Gasteiger partial charge in [0.15, 0.2) is 0 Å². The Morgan fingerprint density at radius 2 is 2.03 bits per heavy atom. The lowest BCUT2D eigenvalue weighted by atomic mass is 9.88. The highest BCUT2D eigenvalue weighted by molar-refractivity contribution is 5.98. The lowest BCUT2D eigenvalue weighted by Crippen LogP contribution is -2.59. The number of pyridine rings is 1. The van der Waals surface area contributed by atoms with Crippen LogP contribution in [0.4, 0.5) is 17.2 Å². The molecule has 2 aliphatic heterocycles. The Balaban J connectivity index is 0.00000306. The van der Waals surface area contributed by atoms with Crippen LogP contribution in [-0.2, 0) is 14.9 Å². The Bertz CT molecular complexity index is 955. The van der Waals surface area contributed by atoms with E-state index in [9.17, 15) is 4.79 Å². The highest BCUT2D eigenvalue weighted by atomic mass is 35.5. The molecule has 2 atom stereocenters. The number of aromatic nitrogens is 1. The second-order valence-corrected chi connectivity index (χ2v) is 9.67. The Morgan fingerprint density at radius 1 is 1.30 bits per heavy atom. The fourth-order valence-corrected chi connectivity index (χ4v) is 4.78. The van der Waals surface area contributed by atoms with E-state index in [0.717, 1.165) is 35.8 Å². The summed E-state index contributed by atoms with van der Waals surface area (Å²) in [7, 11) is 3.73. The molecule has 7 nitrogen and oxygen atoms in total. The summed E-state index contributed by atoms with van der Waals surface area (Å²) >= 11 is 0. The van der Waals surface area contributed by atoms with Crippen LogP contribution in [0.15, 0.2) is 42.6 Å². The van der Waals surface area contributed by atoms with Gasteiger partial charge in [-0.2, -0.15) is 0 Å². The maximum atomic E-state index is 13.6. The van der Waals surface area contributed by atoms with Crippen LogP contribution in [-0.4, -0.2) is 74.8 Å². The molecule has 1 aromatic heterocycles. The number of nitrogens with zero attached hydrogens (tertiary/aromatic N) is 4. The minimum Gasteiger partial charge on any atom is -0.383 e. The zero-order chi connectivity index (χ0) is 22.9. The number of para-hydroxylation sites is 1. The maximum Gasteiger partial charge on any atom is 0.241 e. The van der Waals surface area contributed by atoms with Gasteiger partial charge in [0.2, 0.25) is 5.91 Å². The molecule has 0 spiro atoms. The van der Waals surface area contributed by atoms with Crippen LogP contribution in [0, 0.1) is 0 Å². The van der Waals surface area contributed by atoms with E-state index >= 15 is 0 Å². The van der Waals surface area contributed by atoms with Gasteiger partial charge in [-0.15, -0.1) is 12.4 Å². The average Bonchev–Trinajstić information content (AvgIpc) is 3.06. The maximum absolute atomic E-state index is 13.6. The topological polar surface area (TPSA) is 60.9 Å². The van der Waals surface area contributed by atoms with Gasteiger partial charge in [0.05, 0.1) is 18.8 Å². The molecule has 0 aliphatic carbocycles. The Labute approximate surface area is 203 Å². The molecule has 1 saturated heterocycles. The summed E-state index contributed by atoms with van der Waals surface area (Å²) in [6, 6.07) is 12.8. The van der Waals surface area contributed by atoms with Gasteiger partial charge in [-0.25, -0.2) is 4.98 Å². The fraction of sp³-hybridized carbons (Fsp3) is 0.520. The van der Waals surface area contributed by atoms with Crippen molar-refractivity contribution in [2.45, 2.75) is 38.3 Å². The van der Waals surface area contributed by atoms with Crippen LogP contribution in [0.1, 0.15) is 26.3 Å². The molecule has 1 amide bonds. The molecule has 2 aliphatic rings. The van der Waals surface area contributed by atoms with Gasteiger partial charge in [-0.1, -0.05) is 32.0 Å². The SMILES string of the molecule is COC[C@H]1CN[C@H](C)CN1CC(=O)N1CC(C)(C)c2cnc(N(C)c3ccccc3)cc21.Cl. The zero-order valence-electron chi connectivity index (χ0n) is 20.2. The number of fused-ring (bicyclic) bond motifs is 1. The fourth-order valence-electron chi connectivity index (χ4n) is 4.78. The van der Waals surface area contributed by atoms with Crippen LogP contribution in [0.5, 0.6) is 0 Å². The van der Waals surface area contributed by atoms with Crippen molar-refractivity contribution in [3.63, 3.8) is 0 Å². The molecule has 0 bridgehead atoms. The second kappa shape index (κ2) is 10.4. The molecular weight excluding hydrogens is 438 g/mol. The largest absolute Gasteiger partial charge is 0.383 e. The molecule has 1 fully saturated rings. The number of nitrogens with one attached hydrogen (secondary N) is 1. The van der Waals surface area contributed by atoms with Gasteiger partial charge < -0.3 is 19.9 Å². The summed E-state index contributed by atoms with van der Waals surface area (Å²) in [5, 5.41) is 3.49. The standard InChI is InChI=1S/C25H35N5O2.ClH/c1-18-14-29(20(12-26-18)16-32-5)15-24(31)30-17-25(2,3)21-13-27-23(11-22(21)30)28(4)19-9-7-6-8-10-19;/h6-11,13,18,20,26H,12,14-17H2,1-5H3;1H/t18-,20-;/m1./s1. The number of carbonyl (C=O) groups excluding carboxylic acids is 1. The van der Waals surface area contributed by atoms with E-state index in [2.05, 4.69) is 54.1 Å². The van der Waals surface area contributed by atoms with E-state index in [-0.39, 0.29) is 29.8 Å². The predicted octanol–water partition coefficient (Wildman–Crippen LogP) is 3.20. The molecule has 0 saturated carbocycles. The van der Waals surface area contributed by atoms with Crippen molar-refractivity contribution in [2.75, 3.05) is 56.7 Å². The summed E-state index contributed by atoms with van der Waals surface area (Å²) in [6.07, 6.45) is 1.94. The number of amides is 1. The van der Waals surface area contributed by atoms with E-state index in [1.165, 1.54) is 0 Å². The van der Waals surface area contributed by atoms with E-state index in [1.807, 2.05) is 36.3 Å². The van der Waals surface area contributed by atoms with Gasteiger partial charge in [0.25, 0.3) is 0 Å². The van der Waals surface area contributed by atoms with Crippen molar-refractivity contribution in [1.82, 2.24) is 15.2 Å². The number of ether oxygens (including phenoxy) is 1. The van der Waals surface area contributed by atoms with Gasteiger partial charge in [-0.05, 0) is 19.1 Å². The van der Waals surface area contributed by atoms with Crippen molar-refractivity contribution in [2.24, 2.45) is 0 Å². The van der Waals surface area contributed by atoms with Crippen molar-refractivity contribution in [3.8, 4) is 0 Å². The summed E-state index contributed by atoms with van der Waals surface area (Å²) < 4.78 is 5.41. The highest BCUT2D eigenvalue weighted by Gasteiger charge is 2.40. The average molecular weight is 474 g/mol. The third kappa shape index (κ3) is 5.32. The lowest BCUT2D eigenvalue weighted by molar-refractivity contribution is -0.121. The smallest absolute Gasteiger partial charge is 0.241 e. The van der Waals surface area contributed by atoms with Crippen molar-refractivity contribution < 1.29 is 9.53 Å². The summed E-state index contributed by atoms with van der Waals surface area (Å²) in [5.41, 5.74) is 3.02. The van der Waals surface area contributed by atoms with Crippen LogP contribution < -0.4 is 15.1 Å². The van der Waals surface area contributed by atoms with E-state index in [4.69, 9.17) is 9.72 Å². The molecule has 1 aromatic carbocycles. The van der Waals surface area contributed by atoms with Gasteiger partial charge in [0, 0.05) is 74.8 Å². The van der Waals surface area contributed by atoms with Gasteiger partial charge >= 0.3 is 0 Å². The minimum atomic E-state index is -0.134. The molecule has 4 rings (SSSR count). The van der Waals surface area contributed by atoms with Crippen molar-refractivity contribution >= 4 is 35.5 Å². The second-order valence-electron chi connectivity index (χ2n) is 9.67. The van der Waals surface area contributed by atoms with E-state index in [1.54, 1.807) is 7.11 Å². The number of carbonyl (C=O) groups is 1. The van der Waals surface area contributed by atoms with Crippen LogP contribution in [0.3, 0.4) is 0 Å². The molecule has 3 heterocycles. The Morgan fingerprint density at radius 3 is 2.73 bits per heavy atom. The first-order chi connectivity index (χ1) is 15.3. The summed E-state index contributed by atoms with van der Waals surface area (Å²) in [6.45, 7) is 9.86. The first kappa shape index (κ1) is 25.4. The molecule has 0 radical (unpaired) electrons. The molecule has 180 valence electrons. The van der Waals surface area contributed by atoms with E-state index in [0.29, 0.717) is 25.7 Å². The van der Waals surface area contributed by atoms with Crippen LogP contribution >= 0.6 is 12.4 Å².